The quantitative estimate of drug-likeness (QED) is 0.471. The molecule has 1 aliphatic rings. The van der Waals surface area contributed by atoms with E-state index < -0.39 is 0 Å². The summed E-state index contributed by atoms with van der Waals surface area (Å²) in [5.41, 5.74) is 2.99. The number of nitrogens with one attached hydrogen (secondary N) is 1. The number of pyridine rings is 1. The molecule has 166 valence electrons. The second-order valence-electron chi connectivity index (χ2n) is 7.89. The van der Waals surface area contributed by atoms with Crippen molar-refractivity contribution < 1.29 is 9.53 Å². The minimum Gasteiger partial charge on any atom is -0.496 e. The number of carbonyl (C=O) groups is 1. The lowest BCUT2D eigenvalue weighted by Crippen LogP contribution is -2.37. The first-order chi connectivity index (χ1) is 15.7. The lowest BCUT2D eigenvalue weighted by atomic mass is 10.0. The monoisotopic (exact) mass is 447 g/mol. The van der Waals surface area contributed by atoms with E-state index in [-0.39, 0.29) is 11.9 Å². The van der Waals surface area contributed by atoms with Gasteiger partial charge in [0.2, 0.25) is 0 Å². The van der Waals surface area contributed by atoms with Crippen molar-refractivity contribution in [1.29, 1.82) is 0 Å². The molecule has 5 nitrogen and oxygen atoms in total. The largest absolute Gasteiger partial charge is 0.496 e. The highest BCUT2D eigenvalue weighted by molar-refractivity contribution is 7.98. The van der Waals surface area contributed by atoms with Crippen LogP contribution >= 0.6 is 11.8 Å². The van der Waals surface area contributed by atoms with Crippen LogP contribution in [0.15, 0.2) is 78.0 Å². The lowest BCUT2D eigenvalue weighted by molar-refractivity contribution is 0.0937. The lowest BCUT2D eigenvalue weighted by Gasteiger charge is -2.29. The molecule has 1 fully saturated rings. The number of amides is 1. The van der Waals surface area contributed by atoms with Crippen LogP contribution in [0.5, 0.6) is 5.75 Å². The predicted molar refractivity (Wildman–Crippen MR) is 129 cm³/mol. The number of likely N-dealkylation sites (tertiary alicyclic amines) is 1. The molecule has 2 aromatic carbocycles. The van der Waals surface area contributed by atoms with Gasteiger partial charge in [-0.05, 0) is 67.9 Å². The first kappa shape index (κ1) is 22.4. The van der Waals surface area contributed by atoms with Crippen molar-refractivity contribution in [2.24, 2.45) is 0 Å². The third-order valence-corrected chi connectivity index (χ3v) is 6.86. The Morgan fingerprint density at radius 1 is 1.09 bits per heavy atom. The Hall–Kier alpha value is -2.83. The van der Waals surface area contributed by atoms with Crippen LogP contribution in [0.4, 0.5) is 0 Å². The summed E-state index contributed by atoms with van der Waals surface area (Å²) in [6.45, 7) is 2.64. The van der Waals surface area contributed by atoms with Crippen molar-refractivity contribution in [3.8, 4) is 5.75 Å². The average Bonchev–Trinajstić information content (AvgIpc) is 3.39. The number of carbonyl (C=O) groups excluding carboxylic acids is 1. The average molecular weight is 448 g/mol. The zero-order chi connectivity index (χ0) is 22.2. The summed E-state index contributed by atoms with van der Waals surface area (Å²) in [5, 5.41) is 3.15. The molecule has 2 heterocycles. The summed E-state index contributed by atoms with van der Waals surface area (Å²) >= 11 is 1.74. The van der Waals surface area contributed by atoms with Crippen molar-refractivity contribution in [3.63, 3.8) is 0 Å². The predicted octanol–water partition coefficient (Wildman–Crippen LogP) is 4.95. The normalized spacial score (nSPS) is 14.8. The third-order valence-electron chi connectivity index (χ3n) is 5.78. The third kappa shape index (κ3) is 5.69. The van der Waals surface area contributed by atoms with Gasteiger partial charge < -0.3 is 10.1 Å². The Kier molecular flexibility index (Phi) is 7.80. The van der Waals surface area contributed by atoms with Crippen molar-refractivity contribution in [2.75, 3.05) is 26.7 Å². The number of ether oxygens (including phenoxy) is 1. The van der Waals surface area contributed by atoms with Gasteiger partial charge in [0.25, 0.3) is 5.91 Å². The van der Waals surface area contributed by atoms with E-state index in [1.54, 1.807) is 25.1 Å². The molecule has 1 aliphatic heterocycles. The van der Waals surface area contributed by atoms with Gasteiger partial charge in [0.05, 0.1) is 13.2 Å². The molecule has 1 atom stereocenters. The molecule has 0 radical (unpaired) electrons. The van der Waals surface area contributed by atoms with Gasteiger partial charge in [-0.25, -0.2) is 0 Å². The summed E-state index contributed by atoms with van der Waals surface area (Å²) in [6.07, 6.45) is 6.05. The van der Waals surface area contributed by atoms with E-state index in [1.165, 1.54) is 18.4 Å². The minimum absolute atomic E-state index is 0.0482. The van der Waals surface area contributed by atoms with Gasteiger partial charge in [-0.15, -0.1) is 11.8 Å². The molecule has 0 aliphatic carbocycles. The number of benzene rings is 2. The van der Waals surface area contributed by atoms with Crippen LogP contribution in [0.25, 0.3) is 0 Å². The van der Waals surface area contributed by atoms with Crippen LogP contribution in [0.1, 0.15) is 40.4 Å². The molecular weight excluding hydrogens is 418 g/mol. The standard InChI is InChI=1S/C26H29N3O2S/c1-31-25-9-3-2-8-23(25)24(29-15-4-5-16-29)18-28-26(30)21-10-12-22(13-11-21)32-19-20-7-6-14-27-17-20/h2-3,6-14,17,24H,4-5,15-16,18-19H2,1H3,(H,28,30). The van der Waals surface area contributed by atoms with E-state index in [1.807, 2.05) is 54.7 Å². The van der Waals surface area contributed by atoms with Gasteiger partial charge in [-0.3, -0.25) is 14.7 Å². The van der Waals surface area contributed by atoms with Crippen molar-refractivity contribution in [3.05, 3.63) is 89.7 Å². The topological polar surface area (TPSA) is 54.5 Å². The second kappa shape index (κ2) is 11.2. The van der Waals surface area contributed by atoms with Gasteiger partial charge in [0.1, 0.15) is 5.75 Å². The van der Waals surface area contributed by atoms with Crippen LogP contribution in [0.2, 0.25) is 0 Å². The van der Waals surface area contributed by atoms with E-state index in [0.717, 1.165) is 35.1 Å². The Morgan fingerprint density at radius 3 is 2.59 bits per heavy atom. The second-order valence-corrected chi connectivity index (χ2v) is 8.93. The maximum atomic E-state index is 12.9. The van der Waals surface area contributed by atoms with E-state index >= 15 is 0 Å². The van der Waals surface area contributed by atoms with E-state index in [0.29, 0.717) is 12.1 Å². The SMILES string of the molecule is COc1ccccc1C(CNC(=O)c1ccc(SCc2cccnc2)cc1)N1CCCC1. The molecule has 32 heavy (non-hydrogen) atoms. The number of hydrogen-bond donors (Lipinski definition) is 1. The molecule has 1 N–H and O–H groups in total. The van der Waals surface area contributed by atoms with Crippen LogP contribution < -0.4 is 10.1 Å². The number of nitrogens with zero attached hydrogens (tertiary/aromatic N) is 2. The van der Waals surface area contributed by atoms with Crippen LogP contribution in [0.3, 0.4) is 0 Å². The van der Waals surface area contributed by atoms with Crippen LogP contribution in [-0.4, -0.2) is 42.5 Å². The Balaban J connectivity index is 1.38. The number of hydrogen-bond acceptors (Lipinski definition) is 5. The first-order valence-electron chi connectivity index (χ1n) is 11.0. The van der Waals surface area contributed by atoms with Gasteiger partial charge in [0, 0.05) is 40.7 Å². The number of methoxy groups -OCH3 is 1. The molecule has 0 bridgehead atoms. The summed E-state index contributed by atoms with van der Waals surface area (Å²) < 4.78 is 5.60. The van der Waals surface area contributed by atoms with Crippen LogP contribution in [0, 0.1) is 0 Å². The van der Waals surface area contributed by atoms with Crippen molar-refractivity contribution >= 4 is 17.7 Å². The number of thioether (sulfide) groups is 1. The van der Waals surface area contributed by atoms with Crippen molar-refractivity contribution in [1.82, 2.24) is 15.2 Å². The molecule has 1 unspecified atom stereocenters. The fraction of sp³-hybridized carbons (Fsp3) is 0.308. The van der Waals surface area contributed by atoms with E-state index in [2.05, 4.69) is 27.3 Å². The summed E-state index contributed by atoms with van der Waals surface area (Å²) in [6, 6.07) is 20.0. The molecule has 0 saturated carbocycles. The highest BCUT2D eigenvalue weighted by Crippen LogP contribution is 2.31. The molecule has 0 spiro atoms. The summed E-state index contributed by atoms with van der Waals surface area (Å²) in [4.78, 5) is 20.6. The van der Waals surface area contributed by atoms with Crippen LogP contribution in [-0.2, 0) is 5.75 Å². The van der Waals surface area contributed by atoms with Gasteiger partial charge in [0.15, 0.2) is 0 Å². The molecule has 1 aromatic heterocycles. The fourth-order valence-electron chi connectivity index (χ4n) is 4.07. The molecular formula is C26H29N3O2S. The highest BCUT2D eigenvalue weighted by atomic mass is 32.2. The maximum absolute atomic E-state index is 12.9. The smallest absolute Gasteiger partial charge is 0.251 e. The molecule has 1 saturated heterocycles. The molecule has 6 heteroatoms. The zero-order valence-corrected chi connectivity index (χ0v) is 19.2. The Morgan fingerprint density at radius 2 is 1.88 bits per heavy atom. The number of rotatable bonds is 9. The Labute approximate surface area is 194 Å². The number of para-hydroxylation sites is 1. The Bertz CT molecular complexity index is 1010. The summed E-state index contributed by atoms with van der Waals surface area (Å²) in [5.74, 6) is 1.68. The maximum Gasteiger partial charge on any atom is 0.251 e. The molecule has 4 rings (SSSR count). The van der Waals surface area contributed by atoms with E-state index in [4.69, 9.17) is 4.74 Å². The minimum atomic E-state index is -0.0482. The highest BCUT2D eigenvalue weighted by Gasteiger charge is 2.26. The zero-order valence-electron chi connectivity index (χ0n) is 18.4. The van der Waals surface area contributed by atoms with Gasteiger partial charge in [-0.1, -0.05) is 24.3 Å². The number of aromatic nitrogens is 1. The molecule has 3 aromatic rings. The van der Waals surface area contributed by atoms with Crippen molar-refractivity contribution in [2.45, 2.75) is 29.5 Å². The van der Waals surface area contributed by atoms with Gasteiger partial charge in [-0.2, -0.15) is 0 Å². The fourth-order valence-corrected chi connectivity index (χ4v) is 4.91. The molecule has 1 amide bonds. The van der Waals surface area contributed by atoms with Gasteiger partial charge >= 0.3 is 0 Å². The first-order valence-corrected chi connectivity index (χ1v) is 12.0. The summed E-state index contributed by atoms with van der Waals surface area (Å²) in [7, 11) is 1.70. The van der Waals surface area contributed by atoms with E-state index in [9.17, 15) is 4.79 Å².